The zero-order chi connectivity index (χ0) is 16.9. The van der Waals surface area contributed by atoms with Gasteiger partial charge in [0.1, 0.15) is 5.69 Å². The number of amides is 1. The van der Waals surface area contributed by atoms with Crippen LogP contribution in [-0.4, -0.2) is 24.0 Å². The third-order valence-corrected chi connectivity index (χ3v) is 4.58. The Bertz CT molecular complexity index is 701. The van der Waals surface area contributed by atoms with Crippen LogP contribution in [-0.2, 0) is 0 Å². The molecule has 1 aromatic carbocycles. The van der Waals surface area contributed by atoms with E-state index in [2.05, 4.69) is 21.3 Å². The Kier molecular flexibility index (Phi) is 5.14. The molecule has 0 radical (unpaired) electrons. The standard InChI is InChI=1S/C20H25N3O/c1-15-7-9-18(16(2)13-15)22-20(24)19-10-8-17(14-21-19)23-11-5-3-4-6-12-23/h7-10,13-14H,3-6,11-12H2,1-2H3,(H,22,24). The van der Waals surface area contributed by atoms with Gasteiger partial charge in [0, 0.05) is 18.8 Å². The lowest BCUT2D eigenvalue weighted by Gasteiger charge is -2.22. The van der Waals surface area contributed by atoms with E-state index in [1.54, 1.807) is 0 Å². The number of carbonyl (C=O) groups is 1. The summed E-state index contributed by atoms with van der Waals surface area (Å²) in [6.07, 6.45) is 6.90. The van der Waals surface area contributed by atoms with Gasteiger partial charge in [0.25, 0.3) is 5.91 Å². The van der Waals surface area contributed by atoms with Gasteiger partial charge in [0.15, 0.2) is 0 Å². The average Bonchev–Trinajstić information content (AvgIpc) is 2.87. The van der Waals surface area contributed by atoms with Crippen molar-refractivity contribution < 1.29 is 4.79 Å². The van der Waals surface area contributed by atoms with E-state index in [0.717, 1.165) is 30.0 Å². The number of rotatable bonds is 3. The van der Waals surface area contributed by atoms with Crippen molar-refractivity contribution in [3.05, 3.63) is 53.3 Å². The summed E-state index contributed by atoms with van der Waals surface area (Å²) >= 11 is 0. The second-order valence-corrected chi connectivity index (χ2v) is 6.58. The van der Waals surface area contributed by atoms with Gasteiger partial charge >= 0.3 is 0 Å². The second kappa shape index (κ2) is 7.47. The van der Waals surface area contributed by atoms with E-state index in [-0.39, 0.29) is 5.91 Å². The van der Waals surface area contributed by atoms with Crippen molar-refractivity contribution in [1.82, 2.24) is 4.98 Å². The molecule has 0 atom stereocenters. The molecule has 2 aromatic rings. The average molecular weight is 323 g/mol. The van der Waals surface area contributed by atoms with Crippen LogP contribution in [0, 0.1) is 13.8 Å². The van der Waals surface area contributed by atoms with Crippen molar-refractivity contribution in [2.75, 3.05) is 23.3 Å². The topological polar surface area (TPSA) is 45.2 Å². The Morgan fingerprint density at radius 3 is 2.42 bits per heavy atom. The highest BCUT2D eigenvalue weighted by Gasteiger charge is 2.13. The summed E-state index contributed by atoms with van der Waals surface area (Å²) in [7, 11) is 0. The molecule has 2 heterocycles. The van der Waals surface area contributed by atoms with Gasteiger partial charge in [-0.1, -0.05) is 30.5 Å². The van der Waals surface area contributed by atoms with Gasteiger partial charge in [-0.25, -0.2) is 4.98 Å². The number of nitrogens with one attached hydrogen (secondary N) is 1. The number of anilines is 2. The van der Waals surface area contributed by atoms with Crippen molar-refractivity contribution in [2.45, 2.75) is 39.5 Å². The number of pyridine rings is 1. The van der Waals surface area contributed by atoms with Crippen LogP contribution in [0.25, 0.3) is 0 Å². The van der Waals surface area contributed by atoms with E-state index in [0.29, 0.717) is 5.69 Å². The van der Waals surface area contributed by atoms with Crippen LogP contribution in [0.5, 0.6) is 0 Å². The second-order valence-electron chi connectivity index (χ2n) is 6.58. The molecule has 24 heavy (non-hydrogen) atoms. The minimum atomic E-state index is -0.163. The van der Waals surface area contributed by atoms with Crippen LogP contribution in [0.1, 0.15) is 47.3 Å². The molecule has 126 valence electrons. The first kappa shape index (κ1) is 16.5. The molecule has 1 amide bonds. The zero-order valence-electron chi connectivity index (χ0n) is 14.5. The molecule has 1 aliphatic heterocycles. The number of aromatic nitrogens is 1. The summed E-state index contributed by atoms with van der Waals surface area (Å²) in [5.41, 5.74) is 4.65. The zero-order valence-corrected chi connectivity index (χ0v) is 14.5. The smallest absolute Gasteiger partial charge is 0.274 e. The fraction of sp³-hybridized carbons (Fsp3) is 0.400. The normalized spacial score (nSPS) is 15.0. The predicted molar refractivity (Wildman–Crippen MR) is 98.8 cm³/mol. The van der Waals surface area contributed by atoms with Crippen molar-refractivity contribution in [3.8, 4) is 0 Å². The quantitative estimate of drug-likeness (QED) is 0.914. The minimum Gasteiger partial charge on any atom is -0.370 e. The van der Waals surface area contributed by atoms with Crippen LogP contribution in [0.15, 0.2) is 36.5 Å². The first-order valence-corrected chi connectivity index (χ1v) is 8.73. The van der Waals surface area contributed by atoms with Crippen LogP contribution in [0.3, 0.4) is 0 Å². The molecular formula is C20H25N3O. The number of hydrogen-bond donors (Lipinski definition) is 1. The van der Waals surface area contributed by atoms with E-state index in [4.69, 9.17) is 0 Å². The number of aryl methyl sites for hydroxylation is 2. The number of nitrogens with zero attached hydrogens (tertiary/aromatic N) is 2. The monoisotopic (exact) mass is 323 g/mol. The summed E-state index contributed by atoms with van der Waals surface area (Å²) in [4.78, 5) is 19.1. The van der Waals surface area contributed by atoms with Crippen LogP contribution < -0.4 is 10.2 Å². The van der Waals surface area contributed by atoms with Gasteiger partial charge in [-0.05, 0) is 50.5 Å². The van der Waals surface area contributed by atoms with E-state index < -0.39 is 0 Å². The van der Waals surface area contributed by atoms with Crippen LogP contribution >= 0.6 is 0 Å². The predicted octanol–water partition coefficient (Wildman–Crippen LogP) is 4.33. The van der Waals surface area contributed by atoms with Crippen molar-refractivity contribution >= 4 is 17.3 Å². The summed E-state index contributed by atoms with van der Waals surface area (Å²) in [6, 6.07) is 9.83. The fourth-order valence-electron chi connectivity index (χ4n) is 3.18. The molecule has 4 heteroatoms. The molecule has 0 spiro atoms. The van der Waals surface area contributed by atoms with Gasteiger partial charge < -0.3 is 10.2 Å². The van der Waals surface area contributed by atoms with Gasteiger partial charge in [-0.15, -0.1) is 0 Å². The summed E-state index contributed by atoms with van der Waals surface area (Å²) in [6.45, 7) is 6.20. The van der Waals surface area contributed by atoms with E-state index in [1.165, 1.54) is 31.2 Å². The number of benzene rings is 1. The SMILES string of the molecule is Cc1ccc(NC(=O)c2ccc(N3CCCCCC3)cn2)c(C)c1. The maximum Gasteiger partial charge on any atom is 0.274 e. The van der Waals surface area contributed by atoms with Gasteiger partial charge in [-0.3, -0.25) is 4.79 Å². The molecule has 0 aliphatic carbocycles. The first-order valence-electron chi connectivity index (χ1n) is 8.73. The molecular weight excluding hydrogens is 298 g/mol. The fourth-order valence-corrected chi connectivity index (χ4v) is 3.18. The highest BCUT2D eigenvalue weighted by molar-refractivity contribution is 6.03. The van der Waals surface area contributed by atoms with Crippen LogP contribution in [0.4, 0.5) is 11.4 Å². The molecule has 4 nitrogen and oxygen atoms in total. The summed E-state index contributed by atoms with van der Waals surface area (Å²) < 4.78 is 0. The Balaban J connectivity index is 1.69. The Labute approximate surface area is 143 Å². The molecule has 0 bridgehead atoms. The summed E-state index contributed by atoms with van der Waals surface area (Å²) in [5.74, 6) is -0.163. The van der Waals surface area contributed by atoms with E-state index >= 15 is 0 Å². The van der Waals surface area contributed by atoms with E-state index in [1.807, 2.05) is 44.3 Å². The molecule has 1 N–H and O–H groups in total. The van der Waals surface area contributed by atoms with Crippen LogP contribution in [0.2, 0.25) is 0 Å². The molecule has 1 fully saturated rings. The van der Waals surface area contributed by atoms with Crippen molar-refractivity contribution in [3.63, 3.8) is 0 Å². The largest absolute Gasteiger partial charge is 0.370 e. The molecule has 3 rings (SSSR count). The van der Waals surface area contributed by atoms with Gasteiger partial charge in [-0.2, -0.15) is 0 Å². The molecule has 1 aliphatic rings. The lowest BCUT2D eigenvalue weighted by Crippen LogP contribution is -2.24. The Morgan fingerprint density at radius 1 is 1.04 bits per heavy atom. The maximum atomic E-state index is 12.4. The highest BCUT2D eigenvalue weighted by Crippen LogP contribution is 2.20. The number of carbonyl (C=O) groups excluding carboxylic acids is 1. The Hall–Kier alpha value is -2.36. The molecule has 0 saturated carbocycles. The highest BCUT2D eigenvalue weighted by atomic mass is 16.1. The maximum absolute atomic E-state index is 12.4. The minimum absolute atomic E-state index is 0.163. The third-order valence-electron chi connectivity index (χ3n) is 4.58. The third kappa shape index (κ3) is 3.94. The lowest BCUT2D eigenvalue weighted by atomic mass is 10.1. The Morgan fingerprint density at radius 2 is 1.79 bits per heavy atom. The molecule has 0 unspecified atom stereocenters. The lowest BCUT2D eigenvalue weighted by molar-refractivity contribution is 0.102. The van der Waals surface area contributed by atoms with Crippen molar-refractivity contribution in [2.24, 2.45) is 0 Å². The molecule has 1 saturated heterocycles. The molecule has 1 aromatic heterocycles. The van der Waals surface area contributed by atoms with Gasteiger partial charge in [0.2, 0.25) is 0 Å². The van der Waals surface area contributed by atoms with Crippen molar-refractivity contribution in [1.29, 1.82) is 0 Å². The van der Waals surface area contributed by atoms with Gasteiger partial charge in [0.05, 0.1) is 11.9 Å². The number of hydrogen-bond acceptors (Lipinski definition) is 3. The van der Waals surface area contributed by atoms with E-state index in [9.17, 15) is 4.79 Å². The first-order chi connectivity index (χ1) is 11.6. The summed E-state index contributed by atoms with van der Waals surface area (Å²) in [5, 5.41) is 2.95.